The molecule has 78 heavy (non-hydrogen) atoms. The Kier molecular flexibility index (Phi) is 9.95. The second-order valence-electron chi connectivity index (χ2n) is 20.7. The van der Waals surface area contributed by atoms with Crippen LogP contribution in [0.15, 0.2) is 300 Å². The third-order valence-electron chi connectivity index (χ3n) is 16.8. The zero-order chi connectivity index (χ0) is 51.4. The summed E-state index contributed by atoms with van der Waals surface area (Å²) in [6.07, 6.45) is 0. The lowest BCUT2D eigenvalue weighted by Gasteiger charge is -2.45. The van der Waals surface area contributed by atoms with E-state index in [4.69, 9.17) is 8.83 Å². The molecule has 4 heterocycles. The minimum absolute atomic E-state index is 0.859. The first-order chi connectivity index (χ1) is 38.7. The van der Waals surface area contributed by atoms with E-state index in [2.05, 4.69) is 301 Å². The summed E-state index contributed by atoms with van der Waals surface area (Å²) in [6, 6.07) is 108. The van der Waals surface area contributed by atoms with Crippen LogP contribution in [0.5, 0.6) is 0 Å². The van der Waals surface area contributed by atoms with Crippen LogP contribution in [0.3, 0.4) is 0 Å². The second-order valence-corrected chi connectivity index (χ2v) is 28.2. The highest BCUT2D eigenvalue weighted by Crippen LogP contribution is 2.44. The molecule has 366 valence electrons. The number of furan rings is 2. The summed E-state index contributed by atoms with van der Waals surface area (Å²) in [5.41, 5.74) is 12.7. The Morgan fingerprint density at radius 2 is 0.487 bits per heavy atom. The summed E-state index contributed by atoms with van der Waals surface area (Å²) in [7, 11) is -5.50. The minimum atomic E-state index is -2.75. The molecule has 2 aliphatic rings. The molecule has 0 radical (unpaired) electrons. The number of rotatable bonds is 7. The third kappa shape index (κ3) is 6.39. The van der Waals surface area contributed by atoms with Crippen molar-refractivity contribution >= 4 is 136 Å². The molecule has 0 N–H and O–H groups in total. The number of para-hydroxylation sites is 4. The van der Waals surface area contributed by atoms with Crippen LogP contribution in [0.25, 0.3) is 55.0 Å². The Morgan fingerprint density at radius 1 is 0.231 bits per heavy atom. The van der Waals surface area contributed by atoms with E-state index < -0.39 is 16.1 Å². The van der Waals surface area contributed by atoms with E-state index in [1.165, 1.54) is 64.2 Å². The van der Waals surface area contributed by atoms with Gasteiger partial charge in [0, 0.05) is 55.7 Å². The van der Waals surface area contributed by atoms with Gasteiger partial charge in [-0.15, -0.1) is 0 Å². The van der Waals surface area contributed by atoms with Gasteiger partial charge in [-0.3, -0.25) is 0 Å². The highest BCUT2D eigenvalue weighted by atomic mass is 28.3. The van der Waals surface area contributed by atoms with E-state index in [1.807, 2.05) is 0 Å². The molecule has 0 atom stereocenters. The molecule has 12 aromatic carbocycles. The molecule has 0 saturated carbocycles. The molecule has 0 spiro atoms. The molecule has 2 aromatic heterocycles. The number of nitrogens with zero attached hydrogens (tertiary/aromatic N) is 2. The largest absolute Gasteiger partial charge is 0.456 e. The summed E-state index contributed by atoms with van der Waals surface area (Å²) in [6.45, 7) is 0. The fraction of sp³-hybridized carbons (Fsp3) is 0. The normalized spacial score (nSPS) is 14.1. The lowest BCUT2D eigenvalue weighted by molar-refractivity contribution is 0.668. The van der Waals surface area contributed by atoms with Gasteiger partial charge in [0.2, 0.25) is 0 Å². The van der Waals surface area contributed by atoms with E-state index in [-0.39, 0.29) is 0 Å². The summed E-state index contributed by atoms with van der Waals surface area (Å²) in [4.78, 5) is 4.95. The van der Waals surface area contributed by atoms with Crippen molar-refractivity contribution in [1.29, 1.82) is 0 Å². The average Bonchev–Trinajstić information content (AvgIpc) is 4.02. The van der Waals surface area contributed by atoms with Crippen molar-refractivity contribution in [2.45, 2.75) is 0 Å². The maximum absolute atomic E-state index is 6.64. The topological polar surface area (TPSA) is 32.8 Å². The quantitative estimate of drug-likeness (QED) is 0.149. The molecule has 0 aliphatic carbocycles. The van der Waals surface area contributed by atoms with Crippen LogP contribution < -0.4 is 51.3 Å². The van der Waals surface area contributed by atoms with Crippen LogP contribution in [0.2, 0.25) is 0 Å². The van der Waals surface area contributed by atoms with Crippen molar-refractivity contribution in [2.75, 3.05) is 9.80 Å². The zero-order valence-electron chi connectivity index (χ0n) is 42.4. The number of fused-ring (bicyclic) bond motifs is 10. The molecular weight excluding hydrogens is 981 g/mol. The van der Waals surface area contributed by atoms with Crippen LogP contribution in [0.1, 0.15) is 0 Å². The van der Waals surface area contributed by atoms with Crippen LogP contribution >= 0.6 is 0 Å². The molecule has 16 rings (SSSR count). The van der Waals surface area contributed by atoms with E-state index in [0.29, 0.717) is 0 Å². The lowest BCUT2D eigenvalue weighted by Crippen LogP contribution is -2.77. The summed E-state index contributed by atoms with van der Waals surface area (Å²) < 4.78 is 13.3. The Labute approximate surface area is 454 Å². The molecule has 0 amide bonds. The molecule has 4 nitrogen and oxygen atoms in total. The first-order valence-corrected chi connectivity index (χ1v) is 30.8. The summed E-state index contributed by atoms with van der Waals surface area (Å²) >= 11 is 0. The van der Waals surface area contributed by atoms with Crippen molar-refractivity contribution in [3.63, 3.8) is 0 Å². The van der Waals surface area contributed by atoms with Crippen molar-refractivity contribution in [3.8, 4) is 11.1 Å². The SMILES string of the molecule is c1ccc([Si]2(c3ccccc3)c3ccccc3N(c3ccc4oc5ccc(-c6ccc7oc8ccc(N9c%10ccccc%10[Si](c%10ccccc%10)(c%10ccccc%10)c%10ccccc%109)cc8c7c6)cc5c4c3)c3ccccc32)cc1. The van der Waals surface area contributed by atoms with Gasteiger partial charge in [-0.05, 0) is 138 Å². The molecule has 14 aromatic rings. The van der Waals surface area contributed by atoms with Crippen molar-refractivity contribution in [2.24, 2.45) is 0 Å². The van der Waals surface area contributed by atoms with Crippen molar-refractivity contribution < 1.29 is 8.83 Å². The molecule has 0 saturated heterocycles. The Morgan fingerprint density at radius 3 is 0.795 bits per heavy atom. The summed E-state index contributed by atoms with van der Waals surface area (Å²) in [5.74, 6) is 0. The van der Waals surface area contributed by atoms with Gasteiger partial charge in [-0.1, -0.05) is 206 Å². The number of benzene rings is 12. The van der Waals surface area contributed by atoms with E-state index in [0.717, 1.165) is 66.4 Å². The fourth-order valence-corrected chi connectivity index (χ4v) is 23.8. The standard InChI is InChI=1S/C72H48N2O2Si2/c1-5-21-53(22-6-1)77(54-23-7-2-8-24-54)69-33-17-13-29-61(69)73(62-30-14-18-34-70(62)77)51-39-43-67-59(47-51)57-45-49(37-41-65(57)75-67)50-38-42-66-58(46-50)60-48-52(40-44-68(60)76-66)74-63-31-15-19-35-71(63)78(55-25-9-3-10-26-55,56-27-11-4-12-28-56)72-36-20-16-32-64(72)74/h1-48H. The highest BCUT2D eigenvalue weighted by molar-refractivity contribution is 7.22. The second kappa shape index (κ2) is 17.4. The van der Waals surface area contributed by atoms with Crippen LogP contribution in [0, 0.1) is 0 Å². The van der Waals surface area contributed by atoms with Gasteiger partial charge < -0.3 is 18.6 Å². The molecule has 0 bridgehead atoms. The maximum Gasteiger partial charge on any atom is 0.184 e. The minimum Gasteiger partial charge on any atom is -0.456 e. The third-order valence-corrected chi connectivity index (χ3v) is 26.5. The van der Waals surface area contributed by atoms with Crippen molar-refractivity contribution in [3.05, 3.63) is 291 Å². The lowest BCUT2D eigenvalue weighted by atomic mass is 10.00. The molecular formula is C72H48N2O2Si2. The maximum atomic E-state index is 6.64. The predicted molar refractivity (Wildman–Crippen MR) is 330 cm³/mol. The first-order valence-electron chi connectivity index (χ1n) is 26.8. The Hall–Kier alpha value is -9.73. The van der Waals surface area contributed by atoms with E-state index in [9.17, 15) is 0 Å². The van der Waals surface area contributed by atoms with Gasteiger partial charge in [0.25, 0.3) is 0 Å². The van der Waals surface area contributed by atoms with Gasteiger partial charge >= 0.3 is 0 Å². The highest BCUT2D eigenvalue weighted by Gasteiger charge is 2.50. The first kappa shape index (κ1) is 44.6. The Balaban J connectivity index is 0.816. The smallest absolute Gasteiger partial charge is 0.184 e. The number of anilines is 6. The number of hydrogen-bond donors (Lipinski definition) is 0. The molecule has 6 heteroatoms. The monoisotopic (exact) mass is 1030 g/mol. The van der Waals surface area contributed by atoms with E-state index in [1.54, 1.807) is 0 Å². The van der Waals surface area contributed by atoms with Crippen LogP contribution in [-0.4, -0.2) is 16.1 Å². The van der Waals surface area contributed by atoms with Crippen LogP contribution in [0.4, 0.5) is 34.1 Å². The molecule has 0 fully saturated rings. The van der Waals surface area contributed by atoms with Gasteiger partial charge in [-0.25, -0.2) is 0 Å². The van der Waals surface area contributed by atoms with E-state index >= 15 is 0 Å². The van der Waals surface area contributed by atoms with Crippen LogP contribution in [-0.2, 0) is 0 Å². The summed E-state index contributed by atoms with van der Waals surface area (Å²) in [5, 5.41) is 15.3. The van der Waals surface area contributed by atoms with Gasteiger partial charge in [0.15, 0.2) is 16.1 Å². The Bertz CT molecular complexity index is 4170. The van der Waals surface area contributed by atoms with Gasteiger partial charge in [0.05, 0.1) is 0 Å². The average molecular weight is 1030 g/mol. The zero-order valence-corrected chi connectivity index (χ0v) is 44.4. The fourth-order valence-electron chi connectivity index (χ4n) is 13.5. The molecule has 2 aliphatic heterocycles. The van der Waals surface area contributed by atoms with Crippen molar-refractivity contribution in [1.82, 2.24) is 0 Å². The number of hydrogen-bond acceptors (Lipinski definition) is 4. The molecule has 0 unspecified atom stereocenters. The van der Waals surface area contributed by atoms with Gasteiger partial charge in [0.1, 0.15) is 22.3 Å². The predicted octanol–water partition coefficient (Wildman–Crippen LogP) is 13.5. The van der Waals surface area contributed by atoms with Gasteiger partial charge in [-0.2, -0.15) is 0 Å².